The third kappa shape index (κ3) is 3.91. The minimum absolute atomic E-state index is 0.0790. The van der Waals surface area contributed by atoms with Crippen LogP contribution in [0.2, 0.25) is 0 Å². The molecule has 0 unspecified atom stereocenters. The minimum atomic E-state index is -2.18. The van der Waals surface area contributed by atoms with Crippen LogP contribution in [0.4, 0.5) is 0 Å². The van der Waals surface area contributed by atoms with Gasteiger partial charge in [0.2, 0.25) is 0 Å². The molecular weight excluding hydrogens is 452 g/mol. The molecule has 0 aromatic rings. The average Bonchev–Trinajstić information content (AvgIpc) is 2.99. The second-order valence-corrected chi connectivity index (χ2v) is 9.32. The average molecular weight is 483 g/mol. The largest absolute Gasteiger partial charge is 0.508 e. The molecule has 8 heteroatoms. The maximum absolute atomic E-state index is 13.5. The van der Waals surface area contributed by atoms with Crippen LogP contribution in [0, 0.1) is 23.7 Å². The van der Waals surface area contributed by atoms with E-state index in [1.807, 2.05) is 0 Å². The number of cyclic esters (lactones) is 1. The summed E-state index contributed by atoms with van der Waals surface area (Å²) in [6, 6.07) is 0. The van der Waals surface area contributed by atoms with E-state index in [-0.39, 0.29) is 11.1 Å². The predicted molar refractivity (Wildman–Crippen MR) is 127 cm³/mol. The van der Waals surface area contributed by atoms with Crippen molar-refractivity contribution in [1.29, 1.82) is 0 Å². The van der Waals surface area contributed by atoms with Crippen molar-refractivity contribution in [2.24, 2.45) is 23.7 Å². The maximum atomic E-state index is 13.5. The van der Waals surface area contributed by atoms with Gasteiger partial charge in [-0.3, -0.25) is 14.4 Å². The number of hydrogen-bond donors (Lipinski definition) is 3. The first-order valence-corrected chi connectivity index (χ1v) is 11.4. The minimum Gasteiger partial charge on any atom is -0.508 e. The normalized spacial score (nSPS) is 37.0. The topological polar surface area (TPSA) is 138 Å². The van der Waals surface area contributed by atoms with Gasteiger partial charge in [0, 0.05) is 23.3 Å². The van der Waals surface area contributed by atoms with Crippen molar-refractivity contribution in [1.82, 2.24) is 0 Å². The fraction of sp³-hybridized carbons (Fsp3) is 0.407. The second kappa shape index (κ2) is 9.26. The molecule has 0 aromatic carbocycles. The summed E-state index contributed by atoms with van der Waals surface area (Å²) in [5, 5.41) is 33.1. The van der Waals surface area contributed by atoms with E-state index in [4.69, 9.17) is 4.74 Å². The summed E-state index contributed by atoms with van der Waals surface area (Å²) >= 11 is 0. The molecule has 4 aliphatic rings. The molecule has 3 fully saturated rings. The first kappa shape index (κ1) is 26.1. The Morgan fingerprint density at radius 2 is 1.57 bits per heavy atom. The highest BCUT2D eigenvalue weighted by atomic mass is 16.6. The van der Waals surface area contributed by atoms with Crippen molar-refractivity contribution >= 4 is 23.3 Å². The molecule has 6 atom stereocenters. The van der Waals surface area contributed by atoms with E-state index < -0.39 is 69.7 Å². The molecule has 3 saturated carbocycles. The van der Waals surface area contributed by atoms with Gasteiger partial charge in [-0.25, -0.2) is 4.79 Å². The van der Waals surface area contributed by atoms with Crippen molar-refractivity contribution < 1.29 is 39.2 Å². The van der Waals surface area contributed by atoms with Gasteiger partial charge in [0.15, 0.2) is 23.0 Å². The second-order valence-electron chi connectivity index (χ2n) is 9.32. The fourth-order valence-corrected chi connectivity index (χ4v) is 5.48. The van der Waals surface area contributed by atoms with Gasteiger partial charge in [-0.15, -0.1) is 0 Å². The summed E-state index contributed by atoms with van der Waals surface area (Å²) in [7, 11) is 0. The molecule has 3 N–H and O–H groups in total. The van der Waals surface area contributed by atoms with E-state index in [2.05, 4.69) is 0 Å². The number of carbonyl (C=O) groups is 4. The lowest BCUT2D eigenvalue weighted by Crippen LogP contribution is -2.71. The van der Waals surface area contributed by atoms with E-state index in [9.17, 15) is 34.5 Å². The maximum Gasteiger partial charge on any atom is 0.338 e. The molecular formula is C27H30O8. The summed E-state index contributed by atoms with van der Waals surface area (Å²) in [6.07, 6.45) is 12.0. The van der Waals surface area contributed by atoms with E-state index in [0.717, 1.165) is 0 Å². The SMILES string of the molecule is C/C=C/C=CC(=O)[C@H]1[C@@H]2C(=O)/C(=C(O)/C=C/C=C/C)[C@H]([C@@H]1[C@]1(C)OC(=O)C(C)=C1O)[C@](C)(O)C2=O. The van der Waals surface area contributed by atoms with E-state index in [0.29, 0.717) is 0 Å². The Balaban J connectivity index is 2.33. The number of esters is 1. The van der Waals surface area contributed by atoms with Gasteiger partial charge in [0.25, 0.3) is 0 Å². The first-order chi connectivity index (χ1) is 16.4. The van der Waals surface area contributed by atoms with E-state index >= 15 is 0 Å². The van der Waals surface area contributed by atoms with Crippen molar-refractivity contribution in [3.05, 3.63) is 71.3 Å². The molecule has 35 heavy (non-hydrogen) atoms. The predicted octanol–water partition coefficient (Wildman–Crippen LogP) is 3.16. The van der Waals surface area contributed by atoms with Crippen LogP contribution in [-0.2, 0) is 23.9 Å². The number of carbonyl (C=O) groups excluding carboxylic acids is 4. The van der Waals surface area contributed by atoms with Crippen molar-refractivity contribution in [3.8, 4) is 0 Å². The summed E-state index contributed by atoms with van der Waals surface area (Å²) in [6.45, 7) is 7.45. The first-order valence-electron chi connectivity index (χ1n) is 11.4. The van der Waals surface area contributed by atoms with Crippen LogP contribution >= 0.6 is 0 Å². The van der Waals surface area contributed by atoms with Gasteiger partial charge in [-0.05, 0) is 46.8 Å². The fourth-order valence-electron chi connectivity index (χ4n) is 5.48. The molecule has 0 amide bonds. The van der Waals surface area contributed by atoms with Crippen LogP contribution in [-0.4, -0.2) is 49.8 Å². The zero-order chi connectivity index (χ0) is 26.3. The van der Waals surface area contributed by atoms with Gasteiger partial charge in [-0.1, -0.05) is 36.5 Å². The Kier molecular flexibility index (Phi) is 6.90. The van der Waals surface area contributed by atoms with Crippen molar-refractivity contribution in [2.45, 2.75) is 45.8 Å². The third-order valence-corrected chi connectivity index (χ3v) is 7.15. The molecule has 1 heterocycles. The summed E-state index contributed by atoms with van der Waals surface area (Å²) in [4.78, 5) is 52.6. The highest BCUT2D eigenvalue weighted by Crippen LogP contribution is 2.59. The van der Waals surface area contributed by atoms with Crippen LogP contribution in [0.3, 0.4) is 0 Å². The molecule has 186 valence electrons. The Bertz CT molecular complexity index is 1160. The lowest BCUT2D eigenvalue weighted by atomic mass is 9.46. The van der Waals surface area contributed by atoms with Crippen LogP contribution < -0.4 is 0 Å². The standard InChI is InChI=1S/C27H30O8/c1-6-8-10-12-15(28)17-19-22(30)18(16(29)13-11-9-7-2)20(26(4,34)24(19)32)21(17)27(5)23(31)14(3)25(33)35-27/h6-13,17,19-21,29,31,34H,1-5H3/b8-6+,9-7+,12-10?,13-11+,18-16-/t17-,19+,20+,21+,26-,27-/m0/s1. The highest BCUT2D eigenvalue weighted by Gasteiger charge is 2.72. The van der Waals surface area contributed by atoms with E-state index in [1.54, 1.807) is 38.2 Å². The molecule has 2 bridgehead atoms. The number of aliphatic hydroxyl groups excluding tert-OH is 2. The number of fused-ring (bicyclic) bond motifs is 3. The van der Waals surface area contributed by atoms with E-state index in [1.165, 1.54) is 45.1 Å². The lowest BCUT2D eigenvalue weighted by Gasteiger charge is -2.56. The third-order valence-electron chi connectivity index (χ3n) is 7.15. The number of hydrogen-bond acceptors (Lipinski definition) is 8. The Morgan fingerprint density at radius 1 is 1.00 bits per heavy atom. The molecule has 0 aromatic heterocycles. The highest BCUT2D eigenvalue weighted by molar-refractivity contribution is 6.21. The van der Waals surface area contributed by atoms with Gasteiger partial charge in [0.1, 0.15) is 17.1 Å². The lowest BCUT2D eigenvalue weighted by molar-refractivity contribution is -0.191. The molecule has 0 radical (unpaired) electrons. The number of ether oxygens (including phenoxy) is 1. The number of Topliss-reactive ketones (excluding diaryl/α,β-unsaturated/α-hetero) is 2. The van der Waals surface area contributed by atoms with Crippen molar-refractivity contribution in [2.75, 3.05) is 0 Å². The molecule has 3 aliphatic carbocycles. The number of rotatable bonds is 6. The van der Waals surface area contributed by atoms with Crippen LogP contribution in [0.15, 0.2) is 71.3 Å². The Labute approximate surface area is 203 Å². The number of aliphatic hydroxyl groups is 3. The quantitative estimate of drug-likeness (QED) is 0.173. The van der Waals surface area contributed by atoms with Crippen molar-refractivity contribution in [3.63, 3.8) is 0 Å². The molecule has 1 aliphatic heterocycles. The smallest absolute Gasteiger partial charge is 0.338 e. The number of allylic oxidation sites excluding steroid dienone is 8. The molecule has 0 spiro atoms. The van der Waals surface area contributed by atoms with Gasteiger partial charge in [-0.2, -0.15) is 0 Å². The summed E-state index contributed by atoms with van der Waals surface area (Å²) in [5.74, 6) is -9.64. The molecule has 0 saturated heterocycles. The zero-order valence-corrected chi connectivity index (χ0v) is 20.3. The van der Waals surface area contributed by atoms with Crippen LogP contribution in [0.25, 0.3) is 0 Å². The van der Waals surface area contributed by atoms with Gasteiger partial charge in [0.05, 0.1) is 11.5 Å². The van der Waals surface area contributed by atoms with Crippen LogP contribution in [0.1, 0.15) is 34.6 Å². The molecule has 8 nitrogen and oxygen atoms in total. The molecule has 4 rings (SSSR count). The number of ketones is 3. The van der Waals surface area contributed by atoms with Gasteiger partial charge < -0.3 is 20.1 Å². The van der Waals surface area contributed by atoms with Gasteiger partial charge >= 0.3 is 5.97 Å². The summed E-state index contributed by atoms with van der Waals surface area (Å²) in [5.41, 5.74) is -4.34. The van der Waals surface area contributed by atoms with Crippen LogP contribution in [0.5, 0.6) is 0 Å². The monoisotopic (exact) mass is 482 g/mol. The summed E-state index contributed by atoms with van der Waals surface area (Å²) < 4.78 is 5.54. The zero-order valence-electron chi connectivity index (χ0n) is 20.3. The Hall–Kier alpha value is -3.52. The Morgan fingerprint density at radius 3 is 2.09 bits per heavy atom.